The molecule has 112 valence electrons. The molecule has 0 spiro atoms. The molecule has 3 rings (SSSR count). The van der Waals surface area contributed by atoms with Crippen molar-refractivity contribution in [3.05, 3.63) is 34.7 Å². The molecule has 1 atom stereocenters. The van der Waals surface area contributed by atoms with Crippen LogP contribution in [0.1, 0.15) is 22.8 Å². The Hall–Kier alpha value is -2.52. The lowest BCUT2D eigenvalue weighted by atomic mass is 9.91. The number of amides is 1. The van der Waals surface area contributed by atoms with Crippen LogP contribution in [-0.4, -0.2) is 24.5 Å². The van der Waals surface area contributed by atoms with Crippen LogP contribution in [0.15, 0.2) is 24.3 Å². The Morgan fingerprint density at radius 2 is 2.27 bits per heavy atom. The number of rotatable bonds is 4. The first-order chi connectivity index (χ1) is 10.7. The SMILES string of the molecule is C#CCOc1ccc(C2CC(=O)Nc3nc(NC)sc32)cc1. The van der Waals surface area contributed by atoms with Gasteiger partial charge in [0.2, 0.25) is 5.91 Å². The van der Waals surface area contributed by atoms with Crippen LogP contribution >= 0.6 is 11.3 Å². The molecule has 1 amide bonds. The van der Waals surface area contributed by atoms with E-state index in [1.807, 2.05) is 31.3 Å². The zero-order chi connectivity index (χ0) is 15.5. The number of anilines is 2. The van der Waals surface area contributed by atoms with Gasteiger partial charge < -0.3 is 15.4 Å². The molecule has 1 aliphatic rings. The summed E-state index contributed by atoms with van der Waals surface area (Å²) < 4.78 is 5.37. The minimum atomic E-state index is -0.0156. The normalized spacial score (nSPS) is 16.4. The van der Waals surface area contributed by atoms with Gasteiger partial charge in [-0.1, -0.05) is 29.4 Å². The molecule has 0 aliphatic carbocycles. The number of hydrogen-bond donors (Lipinski definition) is 2. The summed E-state index contributed by atoms with van der Waals surface area (Å²) in [5, 5.41) is 6.65. The monoisotopic (exact) mass is 313 g/mol. The fourth-order valence-corrected chi connectivity index (χ4v) is 3.42. The molecule has 1 unspecified atom stereocenters. The number of benzene rings is 1. The van der Waals surface area contributed by atoms with E-state index in [0.29, 0.717) is 12.2 Å². The highest BCUT2D eigenvalue weighted by Crippen LogP contribution is 2.42. The first-order valence-electron chi connectivity index (χ1n) is 6.86. The molecule has 1 aliphatic heterocycles. The van der Waals surface area contributed by atoms with Crippen LogP contribution in [0.4, 0.5) is 10.9 Å². The average molecular weight is 313 g/mol. The largest absolute Gasteiger partial charge is 0.481 e. The number of nitrogens with zero attached hydrogens (tertiary/aromatic N) is 1. The quantitative estimate of drug-likeness (QED) is 0.852. The summed E-state index contributed by atoms with van der Waals surface area (Å²) in [6.45, 7) is 0.246. The standard InChI is InChI=1S/C16H15N3O2S/c1-3-8-21-11-6-4-10(5-7-11)12-9-13(20)18-15-14(12)22-16(17-2)19-15/h1,4-7,12H,8-9H2,2H3,(H,17,19)(H,18,20). The summed E-state index contributed by atoms with van der Waals surface area (Å²) in [7, 11) is 1.82. The lowest BCUT2D eigenvalue weighted by molar-refractivity contribution is -0.116. The second-order valence-electron chi connectivity index (χ2n) is 4.85. The van der Waals surface area contributed by atoms with Gasteiger partial charge in [-0.15, -0.1) is 6.42 Å². The summed E-state index contributed by atoms with van der Waals surface area (Å²) in [5.41, 5.74) is 1.07. The van der Waals surface area contributed by atoms with Crippen LogP contribution in [0, 0.1) is 12.3 Å². The molecule has 22 heavy (non-hydrogen) atoms. The van der Waals surface area contributed by atoms with Gasteiger partial charge in [0.25, 0.3) is 0 Å². The highest BCUT2D eigenvalue weighted by molar-refractivity contribution is 7.16. The zero-order valence-electron chi connectivity index (χ0n) is 12.1. The van der Waals surface area contributed by atoms with E-state index >= 15 is 0 Å². The molecule has 0 fully saturated rings. The molecular formula is C16H15N3O2S. The molecule has 1 aromatic heterocycles. The van der Waals surface area contributed by atoms with E-state index < -0.39 is 0 Å². The van der Waals surface area contributed by atoms with E-state index in [0.717, 1.165) is 21.3 Å². The number of fused-ring (bicyclic) bond motifs is 1. The Kier molecular flexibility index (Phi) is 3.98. The predicted octanol–water partition coefficient (Wildman–Crippen LogP) is 2.67. The summed E-state index contributed by atoms with van der Waals surface area (Å²) in [5.74, 6) is 3.82. The van der Waals surface area contributed by atoms with Crippen LogP contribution < -0.4 is 15.4 Å². The third-order valence-electron chi connectivity index (χ3n) is 3.44. The minimum Gasteiger partial charge on any atom is -0.481 e. The molecule has 0 saturated carbocycles. The van der Waals surface area contributed by atoms with Gasteiger partial charge in [0.15, 0.2) is 5.13 Å². The third-order valence-corrected chi connectivity index (χ3v) is 4.62. The Morgan fingerprint density at radius 1 is 1.50 bits per heavy atom. The van der Waals surface area contributed by atoms with Gasteiger partial charge in [-0.3, -0.25) is 4.79 Å². The number of nitrogens with one attached hydrogen (secondary N) is 2. The van der Waals surface area contributed by atoms with Crippen molar-refractivity contribution in [2.75, 3.05) is 24.3 Å². The number of ether oxygens (including phenoxy) is 1. The maximum absolute atomic E-state index is 11.9. The van der Waals surface area contributed by atoms with Crippen LogP contribution in [0.5, 0.6) is 5.75 Å². The number of hydrogen-bond acceptors (Lipinski definition) is 5. The van der Waals surface area contributed by atoms with Crippen molar-refractivity contribution in [2.24, 2.45) is 0 Å². The summed E-state index contributed by atoms with van der Waals surface area (Å²) in [6.07, 6.45) is 5.60. The number of thiazole rings is 1. The fourth-order valence-electron chi connectivity index (χ4n) is 2.42. The van der Waals surface area contributed by atoms with Crippen molar-refractivity contribution >= 4 is 28.2 Å². The lowest BCUT2D eigenvalue weighted by Crippen LogP contribution is -2.22. The molecule has 0 bridgehead atoms. The molecule has 5 nitrogen and oxygen atoms in total. The Balaban J connectivity index is 1.90. The second-order valence-corrected chi connectivity index (χ2v) is 5.88. The number of carbonyl (C=O) groups excluding carboxylic acids is 1. The van der Waals surface area contributed by atoms with E-state index in [4.69, 9.17) is 11.2 Å². The number of terminal acetylenes is 1. The van der Waals surface area contributed by atoms with Crippen molar-refractivity contribution in [1.29, 1.82) is 0 Å². The minimum absolute atomic E-state index is 0.0156. The van der Waals surface area contributed by atoms with Gasteiger partial charge in [-0.05, 0) is 17.7 Å². The fraction of sp³-hybridized carbons (Fsp3) is 0.250. The average Bonchev–Trinajstić information content (AvgIpc) is 2.95. The smallest absolute Gasteiger partial charge is 0.226 e. The van der Waals surface area contributed by atoms with E-state index in [1.165, 1.54) is 0 Å². The number of carbonyl (C=O) groups is 1. The molecular weight excluding hydrogens is 298 g/mol. The summed E-state index contributed by atoms with van der Waals surface area (Å²) >= 11 is 1.56. The Labute approximate surface area is 132 Å². The number of aromatic nitrogens is 1. The second kappa shape index (κ2) is 6.08. The summed E-state index contributed by atoms with van der Waals surface area (Å²) in [6, 6.07) is 7.69. The van der Waals surface area contributed by atoms with Gasteiger partial charge in [-0.2, -0.15) is 0 Å². The molecule has 2 aromatic rings. The van der Waals surface area contributed by atoms with Gasteiger partial charge in [-0.25, -0.2) is 4.98 Å². The Bertz CT molecular complexity index is 731. The van der Waals surface area contributed by atoms with E-state index in [9.17, 15) is 4.79 Å². The maximum atomic E-state index is 11.9. The lowest BCUT2D eigenvalue weighted by Gasteiger charge is -2.21. The first kappa shape index (κ1) is 14.4. The Morgan fingerprint density at radius 3 is 2.95 bits per heavy atom. The predicted molar refractivity (Wildman–Crippen MR) is 87.5 cm³/mol. The molecule has 0 saturated heterocycles. The molecule has 6 heteroatoms. The maximum Gasteiger partial charge on any atom is 0.226 e. The highest BCUT2D eigenvalue weighted by atomic mass is 32.1. The van der Waals surface area contributed by atoms with Crippen LogP contribution in [-0.2, 0) is 4.79 Å². The highest BCUT2D eigenvalue weighted by Gasteiger charge is 2.30. The van der Waals surface area contributed by atoms with Gasteiger partial charge in [0.05, 0.1) is 4.88 Å². The topological polar surface area (TPSA) is 63.2 Å². The van der Waals surface area contributed by atoms with Crippen LogP contribution in [0.25, 0.3) is 0 Å². The molecule has 0 radical (unpaired) electrons. The van der Waals surface area contributed by atoms with Crippen molar-refractivity contribution < 1.29 is 9.53 Å². The third kappa shape index (κ3) is 2.76. The van der Waals surface area contributed by atoms with Gasteiger partial charge >= 0.3 is 0 Å². The van der Waals surface area contributed by atoms with Crippen LogP contribution in [0.3, 0.4) is 0 Å². The van der Waals surface area contributed by atoms with E-state index in [-0.39, 0.29) is 18.4 Å². The van der Waals surface area contributed by atoms with Crippen molar-refractivity contribution in [3.8, 4) is 18.1 Å². The van der Waals surface area contributed by atoms with E-state index in [1.54, 1.807) is 11.3 Å². The molecule has 2 heterocycles. The van der Waals surface area contributed by atoms with Crippen molar-refractivity contribution in [1.82, 2.24) is 4.98 Å². The van der Waals surface area contributed by atoms with Crippen molar-refractivity contribution in [3.63, 3.8) is 0 Å². The zero-order valence-corrected chi connectivity index (χ0v) is 12.9. The van der Waals surface area contributed by atoms with Crippen molar-refractivity contribution in [2.45, 2.75) is 12.3 Å². The molecule has 2 N–H and O–H groups in total. The van der Waals surface area contributed by atoms with Gasteiger partial charge in [0, 0.05) is 19.4 Å². The van der Waals surface area contributed by atoms with Crippen LogP contribution in [0.2, 0.25) is 0 Å². The van der Waals surface area contributed by atoms with E-state index in [2.05, 4.69) is 21.5 Å². The molecule has 1 aromatic carbocycles. The first-order valence-corrected chi connectivity index (χ1v) is 7.67. The van der Waals surface area contributed by atoms with Gasteiger partial charge in [0.1, 0.15) is 18.2 Å². The summed E-state index contributed by atoms with van der Waals surface area (Å²) in [4.78, 5) is 17.4.